The fourth-order valence-electron chi connectivity index (χ4n) is 4.22. The average molecular weight is 485 g/mol. The van der Waals surface area contributed by atoms with E-state index in [1.54, 1.807) is 17.7 Å². The molecule has 0 saturated heterocycles. The number of halogens is 1. The van der Waals surface area contributed by atoms with Gasteiger partial charge in [-0.15, -0.1) is 0 Å². The van der Waals surface area contributed by atoms with Crippen LogP contribution >= 0.6 is 0 Å². The molecular formula is C23H29FN8O3. The van der Waals surface area contributed by atoms with Gasteiger partial charge in [-0.25, -0.2) is 14.2 Å². The molecule has 6 N–H and O–H groups in total. The minimum Gasteiger partial charge on any atom is -0.465 e. The standard InChI is InChI=1S/C23H29FN8O3/c1-11(18(12-5-6-12)28-23(34)35)26-21-16(24)10-15(19(25)33)20(29-21)27-13-7-8-17-14(9-13)22(31(2)3)30-32(17)4/h7-12,18,28H,5-6H2,1-4H3,(H2,25,33)(H,34,35)(H2,26,27,29)/t11-,18-/m1/s1. The number of carboxylic acid groups (broad SMARTS) is 1. The number of primary amides is 1. The third kappa shape index (κ3) is 5.05. The lowest BCUT2D eigenvalue weighted by Crippen LogP contribution is -2.46. The van der Waals surface area contributed by atoms with E-state index < -0.39 is 29.9 Å². The number of carbonyl (C=O) groups excluding carboxylic acids is 1. The Labute approximate surface area is 201 Å². The van der Waals surface area contributed by atoms with Crippen LogP contribution in [0.25, 0.3) is 10.9 Å². The maximum absolute atomic E-state index is 14.9. The lowest BCUT2D eigenvalue weighted by Gasteiger charge is -2.25. The first-order valence-electron chi connectivity index (χ1n) is 11.2. The zero-order valence-electron chi connectivity index (χ0n) is 20.0. The van der Waals surface area contributed by atoms with Crippen molar-refractivity contribution in [3.8, 4) is 0 Å². The molecule has 0 unspecified atom stereocenters. The molecule has 2 aromatic heterocycles. The molecule has 1 saturated carbocycles. The third-order valence-corrected chi connectivity index (χ3v) is 6.08. The largest absolute Gasteiger partial charge is 0.465 e. The predicted molar refractivity (Wildman–Crippen MR) is 132 cm³/mol. The molecule has 3 aromatic rings. The van der Waals surface area contributed by atoms with Crippen LogP contribution in [0.2, 0.25) is 0 Å². The van der Waals surface area contributed by atoms with Gasteiger partial charge in [0.2, 0.25) is 0 Å². The highest BCUT2D eigenvalue weighted by Crippen LogP contribution is 2.35. The van der Waals surface area contributed by atoms with Crippen LogP contribution in [0.3, 0.4) is 0 Å². The van der Waals surface area contributed by atoms with Crippen molar-refractivity contribution in [1.82, 2.24) is 20.1 Å². The Bertz CT molecular complexity index is 1290. The van der Waals surface area contributed by atoms with Crippen LogP contribution in [0, 0.1) is 11.7 Å². The molecule has 0 bridgehead atoms. The van der Waals surface area contributed by atoms with Crippen LogP contribution in [0.5, 0.6) is 0 Å². The number of fused-ring (bicyclic) bond motifs is 1. The summed E-state index contributed by atoms with van der Waals surface area (Å²) in [5.74, 6) is -0.688. The molecule has 1 fully saturated rings. The zero-order valence-corrected chi connectivity index (χ0v) is 20.0. The zero-order chi connectivity index (χ0) is 25.4. The number of nitrogens with two attached hydrogens (primary N) is 1. The number of benzene rings is 1. The molecule has 1 aromatic carbocycles. The van der Waals surface area contributed by atoms with E-state index >= 15 is 0 Å². The number of amides is 2. The van der Waals surface area contributed by atoms with E-state index in [0.29, 0.717) is 5.69 Å². The molecule has 1 aliphatic carbocycles. The van der Waals surface area contributed by atoms with E-state index in [1.165, 1.54) is 0 Å². The fraction of sp³-hybridized carbons (Fsp3) is 0.391. The highest BCUT2D eigenvalue weighted by Gasteiger charge is 2.36. The topological polar surface area (TPSA) is 150 Å². The van der Waals surface area contributed by atoms with Gasteiger partial charge in [-0.3, -0.25) is 9.48 Å². The van der Waals surface area contributed by atoms with Gasteiger partial charge in [0.25, 0.3) is 5.91 Å². The number of carbonyl (C=O) groups is 2. The number of aryl methyl sites for hydroxylation is 1. The second-order valence-electron chi connectivity index (χ2n) is 9.02. The van der Waals surface area contributed by atoms with Gasteiger partial charge >= 0.3 is 6.09 Å². The quantitative estimate of drug-likeness (QED) is 0.311. The molecule has 11 nitrogen and oxygen atoms in total. The van der Waals surface area contributed by atoms with Crippen molar-refractivity contribution >= 4 is 46.0 Å². The van der Waals surface area contributed by atoms with Gasteiger partial charge in [-0.05, 0) is 49.9 Å². The number of nitrogens with zero attached hydrogens (tertiary/aromatic N) is 4. The van der Waals surface area contributed by atoms with Crippen LogP contribution in [-0.4, -0.2) is 58.1 Å². The molecule has 0 radical (unpaired) electrons. The molecule has 4 rings (SSSR count). The molecule has 2 amide bonds. The summed E-state index contributed by atoms with van der Waals surface area (Å²) in [7, 11) is 5.63. The molecule has 2 heterocycles. The number of anilines is 4. The second-order valence-corrected chi connectivity index (χ2v) is 9.02. The van der Waals surface area contributed by atoms with Crippen LogP contribution < -0.4 is 26.6 Å². The Morgan fingerprint density at radius 3 is 2.57 bits per heavy atom. The van der Waals surface area contributed by atoms with E-state index in [9.17, 15) is 14.0 Å². The van der Waals surface area contributed by atoms with Crippen molar-refractivity contribution in [2.45, 2.75) is 31.8 Å². The SMILES string of the molecule is C[C@@H](Nc1nc(Nc2ccc3c(c2)c(N(C)C)nn3C)c(C(N)=O)cc1F)[C@@H](NC(=O)O)C1CC1. The Balaban J connectivity index is 1.66. The smallest absolute Gasteiger partial charge is 0.404 e. The van der Waals surface area contributed by atoms with Gasteiger partial charge in [0.15, 0.2) is 17.5 Å². The minimum absolute atomic E-state index is 0.0809. The van der Waals surface area contributed by atoms with Crippen LogP contribution in [0.1, 0.15) is 30.1 Å². The highest BCUT2D eigenvalue weighted by atomic mass is 19.1. The minimum atomic E-state index is -1.14. The Morgan fingerprint density at radius 1 is 1.26 bits per heavy atom. The number of rotatable bonds is 9. The van der Waals surface area contributed by atoms with Gasteiger partial charge in [-0.1, -0.05) is 0 Å². The van der Waals surface area contributed by atoms with Crippen LogP contribution in [0.4, 0.5) is 32.3 Å². The number of pyridine rings is 1. The third-order valence-electron chi connectivity index (χ3n) is 6.08. The van der Waals surface area contributed by atoms with E-state index in [1.807, 2.05) is 38.2 Å². The van der Waals surface area contributed by atoms with E-state index in [0.717, 1.165) is 35.6 Å². The summed E-state index contributed by atoms with van der Waals surface area (Å²) in [6.07, 6.45) is 0.649. The lowest BCUT2D eigenvalue weighted by atomic mass is 10.1. The van der Waals surface area contributed by atoms with Crippen molar-refractivity contribution in [2.75, 3.05) is 29.6 Å². The summed E-state index contributed by atoms with van der Waals surface area (Å²) in [6.45, 7) is 1.76. The van der Waals surface area contributed by atoms with E-state index in [4.69, 9.17) is 10.8 Å². The molecule has 186 valence electrons. The number of hydrogen-bond donors (Lipinski definition) is 5. The monoisotopic (exact) mass is 484 g/mol. The van der Waals surface area contributed by atoms with Crippen molar-refractivity contribution in [3.63, 3.8) is 0 Å². The van der Waals surface area contributed by atoms with Gasteiger partial charge in [0.1, 0.15) is 5.82 Å². The fourth-order valence-corrected chi connectivity index (χ4v) is 4.22. The average Bonchev–Trinajstić information content (AvgIpc) is 3.57. The molecule has 2 atom stereocenters. The highest BCUT2D eigenvalue weighted by molar-refractivity contribution is 5.99. The van der Waals surface area contributed by atoms with Gasteiger partial charge < -0.3 is 31.7 Å². The Hall–Kier alpha value is -4.09. The summed E-state index contributed by atoms with van der Waals surface area (Å²) in [5, 5.41) is 23.1. The number of nitrogens with one attached hydrogen (secondary N) is 3. The first-order chi connectivity index (χ1) is 16.5. The van der Waals surface area contributed by atoms with Crippen molar-refractivity contribution in [3.05, 3.63) is 35.6 Å². The summed E-state index contributed by atoms with van der Waals surface area (Å²) in [5.41, 5.74) is 6.91. The van der Waals surface area contributed by atoms with Crippen molar-refractivity contribution < 1.29 is 19.1 Å². The van der Waals surface area contributed by atoms with Crippen molar-refractivity contribution in [2.24, 2.45) is 18.7 Å². The van der Waals surface area contributed by atoms with Crippen LogP contribution in [-0.2, 0) is 7.05 Å². The molecular weight excluding hydrogens is 455 g/mol. The lowest BCUT2D eigenvalue weighted by molar-refractivity contribution is 0.100. The maximum Gasteiger partial charge on any atom is 0.404 e. The van der Waals surface area contributed by atoms with Gasteiger partial charge in [0, 0.05) is 38.3 Å². The maximum atomic E-state index is 14.9. The van der Waals surface area contributed by atoms with Crippen molar-refractivity contribution in [1.29, 1.82) is 0 Å². The first-order valence-corrected chi connectivity index (χ1v) is 11.2. The number of aromatic nitrogens is 3. The summed E-state index contributed by atoms with van der Waals surface area (Å²) in [6, 6.07) is 5.72. The van der Waals surface area contributed by atoms with E-state index in [-0.39, 0.29) is 23.1 Å². The molecule has 0 spiro atoms. The predicted octanol–water partition coefficient (Wildman–Crippen LogP) is 2.86. The van der Waals surface area contributed by atoms with Crippen LogP contribution in [0.15, 0.2) is 24.3 Å². The molecule has 12 heteroatoms. The number of hydrogen-bond acceptors (Lipinski definition) is 7. The first kappa shape index (κ1) is 24.0. The Kier molecular flexibility index (Phi) is 6.37. The second kappa shape index (κ2) is 9.28. The summed E-state index contributed by atoms with van der Waals surface area (Å²) in [4.78, 5) is 29.4. The summed E-state index contributed by atoms with van der Waals surface area (Å²) >= 11 is 0. The molecule has 0 aliphatic heterocycles. The normalized spacial score (nSPS) is 14.9. The summed E-state index contributed by atoms with van der Waals surface area (Å²) < 4.78 is 16.6. The van der Waals surface area contributed by atoms with E-state index in [2.05, 4.69) is 26.0 Å². The molecule has 35 heavy (non-hydrogen) atoms. The Morgan fingerprint density at radius 2 is 1.97 bits per heavy atom. The molecule has 1 aliphatic rings. The van der Waals surface area contributed by atoms with Gasteiger partial charge in [-0.2, -0.15) is 5.10 Å². The van der Waals surface area contributed by atoms with Gasteiger partial charge in [0.05, 0.1) is 17.1 Å².